The molecule has 0 spiro atoms. The van der Waals surface area contributed by atoms with Gasteiger partial charge in [-0.15, -0.1) is 0 Å². The summed E-state index contributed by atoms with van der Waals surface area (Å²) in [6.07, 6.45) is 4.08. The van der Waals surface area contributed by atoms with Crippen molar-refractivity contribution in [3.63, 3.8) is 0 Å². The van der Waals surface area contributed by atoms with Crippen LogP contribution in [0.2, 0.25) is 0 Å². The molecule has 1 unspecified atom stereocenters. The minimum absolute atomic E-state index is 0.442. The second-order valence-corrected chi connectivity index (χ2v) is 7.91. The van der Waals surface area contributed by atoms with Crippen LogP contribution in [0, 0.1) is 11.8 Å². The second kappa shape index (κ2) is 8.97. The van der Waals surface area contributed by atoms with E-state index in [2.05, 4.69) is 30.8 Å². The van der Waals surface area contributed by atoms with Gasteiger partial charge in [-0.3, -0.25) is 0 Å². The Morgan fingerprint density at radius 2 is 2.05 bits per heavy atom. The van der Waals surface area contributed by atoms with Gasteiger partial charge in [0.15, 0.2) is 0 Å². The summed E-state index contributed by atoms with van der Waals surface area (Å²) in [7, 11) is -3.29. The third kappa shape index (κ3) is 6.52. The first-order valence-electron chi connectivity index (χ1n) is 7.91. The Balaban J connectivity index is 2.40. The van der Waals surface area contributed by atoms with Crippen LogP contribution in [0.1, 0.15) is 46.5 Å². The van der Waals surface area contributed by atoms with Gasteiger partial charge in [-0.1, -0.05) is 20.8 Å². The largest absolute Gasteiger partial charge is 0.316 e. The van der Waals surface area contributed by atoms with Crippen molar-refractivity contribution in [3.8, 4) is 0 Å². The standard InChI is InChI=1S/C14H31N3O2S/c1-4-8-15-11-14-6-5-10-17(12-14)20(18,19)16-9-7-13(2)3/h13-16H,4-12H2,1-3H3. The molecular formula is C14H31N3O2S. The van der Waals surface area contributed by atoms with Crippen LogP contribution in [-0.4, -0.2) is 45.4 Å². The lowest BCUT2D eigenvalue weighted by Crippen LogP contribution is -2.48. The SMILES string of the molecule is CCCNCC1CCCN(S(=O)(=O)NCCC(C)C)C1. The van der Waals surface area contributed by atoms with Crippen LogP contribution >= 0.6 is 0 Å². The highest BCUT2D eigenvalue weighted by molar-refractivity contribution is 7.87. The van der Waals surface area contributed by atoms with Crippen molar-refractivity contribution in [1.82, 2.24) is 14.3 Å². The quantitative estimate of drug-likeness (QED) is 0.636. The minimum atomic E-state index is -3.29. The summed E-state index contributed by atoms with van der Waals surface area (Å²) in [4.78, 5) is 0. The van der Waals surface area contributed by atoms with Crippen LogP contribution in [0.5, 0.6) is 0 Å². The Kier molecular flexibility index (Phi) is 8.02. The molecule has 0 radical (unpaired) electrons. The molecule has 1 rings (SSSR count). The molecule has 0 aliphatic carbocycles. The molecule has 1 aliphatic heterocycles. The van der Waals surface area contributed by atoms with Gasteiger partial charge in [0.25, 0.3) is 10.2 Å². The van der Waals surface area contributed by atoms with Crippen LogP contribution in [-0.2, 0) is 10.2 Å². The van der Waals surface area contributed by atoms with E-state index in [1.807, 2.05) is 0 Å². The summed E-state index contributed by atoms with van der Waals surface area (Å²) in [5.41, 5.74) is 0. The predicted molar refractivity (Wildman–Crippen MR) is 83.8 cm³/mol. The Labute approximate surface area is 124 Å². The fourth-order valence-electron chi connectivity index (χ4n) is 2.46. The summed E-state index contributed by atoms with van der Waals surface area (Å²) < 4.78 is 28.8. The van der Waals surface area contributed by atoms with Gasteiger partial charge in [-0.2, -0.15) is 12.7 Å². The number of piperidine rings is 1. The molecule has 0 amide bonds. The first kappa shape index (κ1) is 17.9. The molecule has 0 aromatic carbocycles. The number of rotatable bonds is 9. The first-order valence-corrected chi connectivity index (χ1v) is 9.35. The highest BCUT2D eigenvalue weighted by Gasteiger charge is 2.28. The molecule has 0 aromatic heterocycles. The van der Waals surface area contributed by atoms with Crippen LogP contribution in [0.15, 0.2) is 0 Å². The predicted octanol–water partition coefficient (Wildman–Crippen LogP) is 1.58. The van der Waals surface area contributed by atoms with Crippen LogP contribution in [0.4, 0.5) is 0 Å². The van der Waals surface area contributed by atoms with E-state index >= 15 is 0 Å². The number of hydrogen-bond acceptors (Lipinski definition) is 3. The van der Waals surface area contributed by atoms with Crippen molar-refractivity contribution < 1.29 is 8.42 Å². The molecule has 1 aliphatic rings. The topological polar surface area (TPSA) is 61.4 Å². The monoisotopic (exact) mass is 305 g/mol. The summed E-state index contributed by atoms with van der Waals surface area (Å²) in [5, 5.41) is 3.39. The average Bonchev–Trinajstić information content (AvgIpc) is 2.39. The van der Waals surface area contributed by atoms with Gasteiger partial charge in [0, 0.05) is 19.6 Å². The Bertz CT molecular complexity index is 357. The maximum atomic E-state index is 12.2. The zero-order valence-corrected chi connectivity index (χ0v) is 14.0. The van der Waals surface area contributed by atoms with Gasteiger partial charge >= 0.3 is 0 Å². The smallest absolute Gasteiger partial charge is 0.279 e. The van der Waals surface area contributed by atoms with Crippen LogP contribution in [0.3, 0.4) is 0 Å². The highest BCUT2D eigenvalue weighted by Crippen LogP contribution is 2.18. The van der Waals surface area contributed by atoms with Gasteiger partial charge in [-0.25, -0.2) is 4.72 Å². The average molecular weight is 305 g/mol. The summed E-state index contributed by atoms with van der Waals surface area (Å²) in [5.74, 6) is 0.960. The van der Waals surface area contributed by atoms with Crippen LogP contribution < -0.4 is 10.0 Å². The molecule has 1 atom stereocenters. The summed E-state index contributed by atoms with van der Waals surface area (Å²) in [6.45, 7) is 10.1. The van der Waals surface area contributed by atoms with E-state index in [0.717, 1.165) is 38.8 Å². The first-order chi connectivity index (χ1) is 9.45. The van der Waals surface area contributed by atoms with Crippen molar-refractivity contribution >= 4 is 10.2 Å². The van der Waals surface area contributed by atoms with Crippen molar-refractivity contribution in [3.05, 3.63) is 0 Å². The maximum absolute atomic E-state index is 12.2. The van der Waals surface area contributed by atoms with E-state index < -0.39 is 10.2 Å². The van der Waals surface area contributed by atoms with Gasteiger partial charge in [0.05, 0.1) is 0 Å². The lowest BCUT2D eigenvalue weighted by atomic mass is 10.00. The van der Waals surface area contributed by atoms with Gasteiger partial charge in [0.1, 0.15) is 0 Å². The molecule has 2 N–H and O–H groups in total. The Morgan fingerprint density at radius 1 is 1.30 bits per heavy atom. The molecule has 0 aromatic rings. The molecule has 1 fully saturated rings. The van der Waals surface area contributed by atoms with Crippen molar-refractivity contribution in [2.45, 2.75) is 46.5 Å². The third-order valence-corrected chi connectivity index (χ3v) is 5.27. The molecular weight excluding hydrogens is 274 g/mol. The molecule has 20 heavy (non-hydrogen) atoms. The second-order valence-electron chi connectivity index (χ2n) is 6.15. The van der Waals surface area contributed by atoms with Gasteiger partial charge < -0.3 is 5.32 Å². The van der Waals surface area contributed by atoms with E-state index in [-0.39, 0.29) is 0 Å². The van der Waals surface area contributed by atoms with E-state index in [1.54, 1.807) is 4.31 Å². The van der Waals surface area contributed by atoms with Gasteiger partial charge in [0.2, 0.25) is 0 Å². The molecule has 1 saturated heterocycles. The van der Waals surface area contributed by atoms with Crippen molar-refractivity contribution in [1.29, 1.82) is 0 Å². The van der Waals surface area contributed by atoms with E-state index in [1.165, 1.54) is 0 Å². The summed E-state index contributed by atoms with van der Waals surface area (Å²) >= 11 is 0. The van der Waals surface area contributed by atoms with E-state index in [9.17, 15) is 8.42 Å². The van der Waals surface area contributed by atoms with E-state index in [4.69, 9.17) is 0 Å². The van der Waals surface area contributed by atoms with Crippen LogP contribution in [0.25, 0.3) is 0 Å². The fraction of sp³-hybridized carbons (Fsp3) is 1.00. The lowest BCUT2D eigenvalue weighted by molar-refractivity contribution is 0.258. The minimum Gasteiger partial charge on any atom is -0.316 e. The highest BCUT2D eigenvalue weighted by atomic mass is 32.2. The lowest BCUT2D eigenvalue weighted by Gasteiger charge is -2.32. The number of nitrogens with zero attached hydrogens (tertiary/aromatic N) is 1. The van der Waals surface area contributed by atoms with Crippen molar-refractivity contribution in [2.75, 3.05) is 32.7 Å². The molecule has 6 heteroatoms. The Hall–Kier alpha value is -0.170. The molecule has 0 bridgehead atoms. The third-order valence-electron chi connectivity index (χ3n) is 3.69. The van der Waals surface area contributed by atoms with E-state index in [0.29, 0.717) is 31.5 Å². The number of hydrogen-bond donors (Lipinski definition) is 2. The molecule has 0 saturated carbocycles. The molecule has 120 valence electrons. The zero-order chi connectivity index (χ0) is 15.0. The molecule has 1 heterocycles. The zero-order valence-electron chi connectivity index (χ0n) is 13.2. The maximum Gasteiger partial charge on any atom is 0.279 e. The van der Waals surface area contributed by atoms with Crippen molar-refractivity contribution in [2.24, 2.45) is 11.8 Å². The normalized spacial score (nSPS) is 21.5. The molecule has 5 nitrogen and oxygen atoms in total. The Morgan fingerprint density at radius 3 is 2.70 bits per heavy atom. The van der Waals surface area contributed by atoms with Gasteiger partial charge in [-0.05, 0) is 50.6 Å². The summed E-state index contributed by atoms with van der Waals surface area (Å²) in [6, 6.07) is 0. The number of nitrogens with one attached hydrogen (secondary N) is 2. The fourth-order valence-corrected chi connectivity index (χ4v) is 3.80.